The molecule has 0 aromatic carbocycles. The zero-order valence-corrected chi connectivity index (χ0v) is 16.0. The van der Waals surface area contributed by atoms with Crippen LogP contribution in [0.4, 0.5) is 0 Å². The molecule has 2 unspecified atom stereocenters. The van der Waals surface area contributed by atoms with Crippen molar-refractivity contribution in [1.82, 2.24) is 5.32 Å². The van der Waals surface area contributed by atoms with E-state index in [0.717, 1.165) is 6.92 Å². The molecule has 1 aliphatic heterocycles. The van der Waals surface area contributed by atoms with Crippen molar-refractivity contribution in [2.24, 2.45) is 5.14 Å². The van der Waals surface area contributed by atoms with Crippen molar-refractivity contribution in [3.63, 3.8) is 0 Å². The highest BCUT2D eigenvalue weighted by Gasteiger charge is 2.59. The van der Waals surface area contributed by atoms with Crippen LogP contribution in [0, 0.1) is 0 Å². The molecule has 0 fully saturated rings. The van der Waals surface area contributed by atoms with E-state index in [1.807, 2.05) is 5.32 Å². The number of nitrogens with one attached hydrogen (secondary N) is 1. The van der Waals surface area contributed by atoms with Crippen molar-refractivity contribution >= 4 is 31.2 Å². The Morgan fingerprint density at radius 3 is 2.19 bits per heavy atom. The third-order valence-corrected chi connectivity index (χ3v) is 9.03. The Hall–Kier alpha value is -0.760. The lowest BCUT2D eigenvalue weighted by atomic mass is 9.94. The molecule has 27 heavy (non-hydrogen) atoms. The first-order valence-corrected chi connectivity index (χ1v) is 10.9. The third-order valence-electron chi connectivity index (χ3n) is 3.70. The highest BCUT2D eigenvalue weighted by atomic mass is 32.3. The van der Waals surface area contributed by atoms with Crippen LogP contribution in [0.15, 0.2) is 14.5 Å². The second-order valence-electron chi connectivity index (χ2n) is 6.25. The SMILES string of the molecule is CC(O)(O)NC1c2cc(S(N)(=O)=O)sc2S(=O)(=O)C(CC(O)(O)O)C1(O)O. The molecule has 0 radical (unpaired) electrons. The number of thiophene rings is 1. The molecule has 10 N–H and O–H groups in total. The number of fused-ring (bicyclic) bond motifs is 1. The van der Waals surface area contributed by atoms with E-state index in [0.29, 0.717) is 6.07 Å². The molecular weight excluding hydrogens is 432 g/mol. The molecule has 2 heterocycles. The molecule has 0 aliphatic carbocycles. The predicted molar refractivity (Wildman–Crippen MR) is 86.6 cm³/mol. The molecule has 0 saturated heterocycles. The van der Waals surface area contributed by atoms with Gasteiger partial charge >= 0.3 is 0 Å². The van der Waals surface area contributed by atoms with Crippen LogP contribution in [-0.2, 0) is 19.9 Å². The van der Waals surface area contributed by atoms with Crippen molar-refractivity contribution < 1.29 is 52.6 Å². The molecule has 0 amide bonds. The number of aliphatic hydroxyl groups is 7. The number of hydrogen-bond acceptors (Lipinski definition) is 13. The molecule has 2 rings (SSSR count). The Morgan fingerprint density at radius 1 is 1.26 bits per heavy atom. The molecule has 0 spiro atoms. The maximum Gasteiger partial charge on any atom is 0.276 e. The van der Waals surface area contributed by atoms with Crippen LogP contribution in [0.3, 0.4) is 0 Å². The molecule has 0 bridgehead atoms. The van der Waals surface area contributed by atoms with Crippen molar-refractivity contribution in [3.8, 4) is 0 Å². The Balaban J connectivity index is 2.80. The van der Waals surface area contributed by atoms with E-state index in [9.17, 15) is 37.3 Å². The first-order chi connectivity index (χ1) is 11.8. The number of sulfone groups is 1. The van der Waals surface area contributed by atoms with E-state index >= 15 is 0 Å². The molecule has 2 atom stereocenters. The fourth-order valence-corrected chi connectivity index (χ4v) is 7.38. The average molecular weight is 450 g/mol. The van der Waals surface area contributed by atoms with Gasteiger partial charge in [-0.3, -0.25) is 5.32 Å². The maximum atomic E-state index is 12.7. The summed E-state index contributed by atoms with van der Waals surface area (Å²) in [5, 5.41) is 71.6. The summed E-state index contributed by atoms with van der Waals surface area (Å²) in [4.78, 5) is 0. The first-order valence-electron chi connectivity index (χ1n) is 7.01. The fourth-order valence-electron chi connectivity index (χ4n) is 2.67. The standard InChI is InChI=1S/C11H18N2O11S3/c1-9(14,15)13-7-4-2-6(27(12,23)24)25-8(4)26(21,22)5(11(7,19)20)3-10(16,17)18/h2,5,7,13-20H,3H2,1H3,(H2,12,23,24). The van der Waals surface area contributed by atoms with Gasteiger partial charge in [-0.15, -0.1) is 11.3 Å². The molecule has 1 aliphatic rings. The first kappa shape index (κ1) is 22.5. The largest absolute Gasteiger partial charge is 0.363 e. The molecular formula is C11H18N2O11S3. The monoisotopic (exact) mass is 450 g/mol. The second-order valence-corrected chi connectivity index (χ2v) is 11.4. The molecule has 1 aromatic rings. The Morgan fingerprint density at radius 2 is 1.78 bits per heavy atom. The lowest BCUT2D eigenvalue weighted by molar-refractivity contribution is -0.325. The van der Waals surface area contributed by atoms with Crippen LogP contribution >= 0.6 is 11.3 Å². The summed E-state index contributed by atoms with van der Waals surface area (Å²) in [6, 6.07) is -1.33. The van der Waals surface area contributed by atoms with E-state index in [-0.39, 0.29) is 11.3 Å². The van der Waals surface area contributed by atoms with E-state index in [2.05, 4.69) is 0 Å². The van der Waals surface area contributed by atoms with Gasteiger partial charge in [-0.2, -0.15) is 0 Å². The van der Waals surface area contributed by atoms with Crippen molar-refractivity contribution in [1.29, 1.82) is 0 Å². The summed E-state index contributed by atoms with van der Waals surface area (Å²) in [6.45, 7) is 0.752. The molecule has 1 aromatic heterocycles. The maximum absolute atomic E-state index is 12.7. The highest BCUT2D eigenvalue weighted by molar-refractivity contribution is 7.95. The summed E-state index contributed by atoms with van der Waals surface area (Å²) >= 11 is 0.138. The Bertz CT molecular complexity index is 937. The van der Waals surface area contributed by atoms with Gasteiger partial charge in [0.2, 0.25) is 21.7 Å². The van der Waals surface area contributed by atoms with E-state index in [1.54, 1.807) is 0 Å². The minimum atomic E-state index is -4.84. The summed E-state index contributed by atoms with van der Waals surface area (Å²) in [6.07, 6.45) is -1.52. The van der Waals surface area contributed by atoms with E-state index in [1.165, 1.54) is 0 Å². The van der Waals surface area contributed by atoms with E-state index < -0.39 is 69.2 Å². The van der Waals surface area contributed by atoms with Gasteiger partial charge in [0.15, 0.2) is 9.84 Å². The van der Waals surface area contributed by atoms with Gasteiger partial charge in [-0.25, -0.2) is 22.0 Å². The number of rotatable bonds is 5. The van der Waals surface area contributed by atoms with Crippen LogP contribution < -0.4 is 10.5 Å². The summed E-state index contributed by atoms with van der Waals surface area (Å²) in [7, 11) is -9.25. The molecule has 13 nitrogen and oxygen atoms in total. The van der Waals surface area contributed by atoms with Gasteiger partial charge in [-0.05, 0) is 6.07 Å². The lowest BCUT2D eigenvalue weighted by Crippen LogP contribution is -2.63. The lowest BCUT2D eigenvalue weighted by Gasteiger charge is -2.43. The van der Waals surface area contributed by atoms with Crippen molar-refractivity contribution in [2.75, 3.05) is 0 Å². The normalized spacial score (nSPS) is 25.2. The van der Waals surface area contributed by atoms with Gasteiger partial charge in [0.1, 0.15) is 13.7 Å². The quantitative estimate of drug-likeness (QED) is 0.193. The Labute approximate surface area is 156 Å². The molecule has 0 saturated carbocycles. The van der Waals surface area contributed by atoms with E-state index in [4.69, 9.17) is 20.5 Å². The van der Waals surface area contributed by atoms with Gasteiger partial charge in [0, 0.05) is 12.5 Å². The number of sulfonamides is 1. The summed E-state index contributed by atoms with van der Waals surface area (Å²) in [5.74, 6) is -9.87. The van der Waals surface area contributed by atoms with Crippen LogP contribution in [-0.4, -0.2) is 75.5 Å². The minimum absolute atomic E-state index is 0.138. The van der Waals surface area contributed by atoms with Gasteiger partial charge < -0.3 is 35.7 Å². The van der Waals surface area contributed by atoms with Crippen LogP contribution in [0.1, 0.15) is 24.9 Å². The highest BCUT2D eigenvalue weighted by Crippen LogP contribution is 2.48. The van der Waals surface area contributed by atoms with Crippen LogP contribution in [0.5, 0.6) is 0 Å². The smallest absolute Gasteiger partial charge is 0.276 e. The van der Waals surface area contributed by atoms with Gasteiger partial charge in [-0.1, -0.05) is 0 Å². The van der Waals surface area contributed by atoms with Crippen LogP contribution in [0.25, 0.3) is 0 Å². The van der Waals surface area contributed by atoms with Crippen LogP contribution in [0.2, 0.25) is 0 Å². The van der Waals surface area contributed by atoms with Gasteiger partial charge in [0.05, 0.1) is 12.5 Å². The average Bonchev–Trinajstić information content (AvgIpc) is 2.84. The zero-order valence-electron chi connectivity index (χ0n) is 13.5. The van der Waals surface area contributed by atoms with Crippen molar-refractivity contribution in [2.45, 2.75) is 50.7 Å². The topological polar surface area (TPSA) is 248 Å². The molecule has 156 valence electrons. The zero-order chi connectivity index (χ0) is 21.2. The number of hydrogen-bond donors (Lipinski definition) is 9. The third kappa shape index (κ3) is 4.47. The minimum Gasteiger partial charge on any atom is -0.363 e. The molecule has 16 heteroatoms. The predicted octanol–water partition coefficient (Wildman–Crippen LogP) is -4.46. The number of nitrogens with two attached hydrogens (primary N) is 1. The Kier molecular flexibility index (Phi) is 5.32. The second kappa shape index (κ2) is 6.37. The fraction of sp³-hybridized carbons (Fsp3) is 0.636. The van der Waals surface area contributed by atoms with Crippen molar-refractivity contribution in [3.05, 3.63) is 11.6 Å². The summed E-state index contributed by atoms with van der Waals surface area (Å²) in [5.41, 5.74) is -0.556. The number of primary sulfonamides is 1. The summed E-state index contributed by atoms with van der Waals surface area (Å²) < 4.78 is 47.1. The van der Waals surface area contributed by atoms with Gasteiger partial charge in [0.25, 0.3) is 5.97 Å².